The van der Waals surface area contributed by atoms with Gasteiger partial charge < -0.3 is 5.73 Å². The largest absolute Gasteiger partial charge is 0.350 e. The number of halogens is 2. The van der Waals surface area contributed by atoms with E-state index in [0.29, 0.717) is 6.42 Å². The Morgan fingerprint density at radius 1 is 1.38 bits per heavy atom. The van der Waals surface area contributed by atoms with E-state index in [1.807, 2.05) is 0 Å². The van der Waals surface area contributed by atoms with Gasteiger partial charge in [0.1, 0.15) is 0 Å². The van der Waals surface area contributed by atoms with E-state index in [1.54, 1.807) is 6.92 Å². The number of hydrogen-bond acceptors (Lipinski definition) is 3. The molecule has 0 aromatic rings. The highest BCUT2D eigenvalue weighted by Crippen LogP contribution is 2.11. The fourth-order valence-electron chi connectivity index (χ4n) is 0.872. The van der Waals surface area contributed by atoms with Crippen molar-refractivity contribution in [1.82, 2.24) is 4.31 Å². The van der Waals surface area contributed by atoms with Crippen LogP contribution in [0.4, 0.5) is 8.78 Å². The molecule has 0 aromatic heterocycles. The first-order valence-electron chi connectivity index (χ1n) is 3.94. The molecule has 0 aliphatic rings. The maximum absolute atomic E-state index is 12.0. The molecular formula is C6H14F2N2O2S. The summed E-state index contributed by atoms with van der Waals surface area (Å²) in [7, 11) is -4.44. The van der Waals surface area contributed by atoms with Crippen molar-refractivity contribution in [2.45, 2.75) is 19.1 Å². The van der Waals surface area contributed by atoms with E-state index in [2.05, 4.69) is 0 Å². The van der Waals surface area contributed by atoms with Crippen molar-refractivity contribution in [1.29, 1.82) is 0 Å². The highest BCUT2D eigenvalue weighted by molar-refractivity contribution is 7.89. The molecule has 0 aliphatic heterocycles. The minimum atomic E-state index is -4.44. The van der Waals surface area contributed by atoms with E-state index in [0.717, 1.165) is 4.31 Å². The van der Waals surface area contributed by atoms with Crippen molar-refractivity contribution >= 4 is 10.0 Å². The van der Waals surface area contributed by atoms with Gasteiger partial charge in [0.05, 0.1) is 0 Å². The van der Waals surface area contributed by atoms with Crippen LogP contribution in [0.3, 0.4) is 0 Å². The third-order valence-electron chi connectivity index (χ3n) is 1.44. The van der Waals surface area contributed by atoms with Crippen molar-refractivity contribution in [3.05, 3.63) is 0 Å². The summed E-state index contributed by atoms with van der Waals surface area (Å²) in [6, 6.07) is 0. The Labute approximate surface area is 76.8 Å². The Morgan fingerprint density at radius 3 is 2.23 bits per heavy atom. The van der Waals surface area contributed by atoms with Gasteiger partial charge in [-0.25, -0.2) is 8.42 Å². The lowest BCUT2D eigenvalue weighted by molar-refractivity contribution is 0.219. The summed E-state index contributed by atoms with van der Waals surface area (Å²) >= 11 is 0. The molecule has 7 heteroatoms. The van der Waals surface area contributed by atoms with Gasteiger partial charge in [0, 0.05) is 19.6 Å². The van der Waals surface area contributed by atoms with Gasteiger partial charge in [0.25, 0.3) is 10.0 Å². The van der Waals surface area contributed by atoms with Crippen LogP contribution >= 0.6 is 0 Å². The molecule has 0 spiro atoms. The number of sulfonamides is 1. The molecule has 0 saturated carbocycles. The van der Waals surface area contributed by atoms with Gasteiger partial charge >= 0.3 is 5.76 Å². The predicted octanol–water partition coefficient (Wildman–Crippen LogP) is 0.210. The van der Waals surface area contributed by atoms with Crippen LogP contribution in [0, 0.1) is 0 Å². The van der Waals surface area contributed by atoms with E-state index in [9.17, 15) is 17.2 Å². The number of nitrogens with zero attached hydrogens (tertiary/aromatic N) is 1. The second-order valence-electron chi connectivity index (χ2n) is 2.49. The molecule has 0 heterocycles. The number of nitrogens with two attached hydrogens (primary N) is 1. The first-order valence-corrected chi connectivity index (χ1v) is 5.44. The van der Waals surface area contributed by atoms with E-state index < -0.39 is 15.8 Å². The maximum atomic E-state index is 12.0. The van der Waals surface area contributed by atoms with Gasteiger partial charge in [0.15, 0.2) is 0 Å². The fourth-order valence-corrected chi connectivity index (χ4v) is 1.89. The quantitative estimate of drug-likeness (QED) is 0.690. The van der Waals surface area contributed by atoms with Crippen LogP contribution in [0.2, 0.25) is 0 Å². The van der Waals surface area contributed by atoms with Crippen LogP contribution in [-0.2, 0) is 10.0 Å². The molecule has 0 aliphatic carbocycles. The Hall–Kier alpha value is -0.270. The van der Waals surface area contributed by atoms with Gasteiger partial charge in [-0.05, 0) is 6.42 Å². The van der Waals surface area contributed by atoms with E-state index in [-0.39, 0.29) is 19.6 Å². The Morgan fingerprint density at radius 2 is 1.92 bits per heavy atom. The first-order chi connectivity index (χ1) is 5.96. The van der Waals surface area contributed by atoms with Crippen molar-refractivity contribution < 1.29 is 17.2 Å². The van der Waals surface area contributed by atoms with Crippen LogP contribution in [0.5, 0.6) is 0 Å². The van der Waals surface area contributed by atoms with Crippen LogP contribution in [0.1, 0.15) is 13.3 Å². The molecule has 0 rings (SSSR count). The number of alkyl halides is 2. The number of rotatable bonds is 6. The normalized spacial score (nSPS) is 12.8. The van der Waals surface area contributed by atoms with Crippen LogP contribution in [0.25, 0.3) is 0 Å². The van der Waals surface area contributed by atoms with E-state index in [1.165, 1.54) is 0 Å². The summed E-state index contributed by atoms with van der Waals surface area (Å²) in [6.07, 6.45) is 0.492. The number of hydrogen-bond donors (Lipinski definition) is 1. The molecule has 0 saturated heterocycles. The molecule has 2 N–H and O–H groups in total. The van der Waals surface area contributed by atoms with Gasteiger partial charge in [-0.2, -0.15) is 13.1 Å². The average molecular weight is 216 g/mol. The van der Waals surface area contributed by atoms with E-state index >= 15 is 0 Å². The zero-order chi connectivity index (χ0) is 10.5. The van der Waals surface area contributed by atoms with Gasteiger partial charge in [0.2, 0.25) is 0 Å². The highest BCUT2D eigenvalue weighted by atomic mass is 32.2. The lowest BCUT2D eigenvalue weighted by Crippen LogP contribution is -2.39. The summed E-state index contributed by atoms with van der Waals surface area (Å²) in [5.41, 5.74) is 5.11. The Balaban J connectivity index is 4.52. The lowest BCUT2D eigenvalue weighted by atomic mass is 10.5. The minimum absolute atomic E-state index is 0.0476. The smallest absolute Gasteiger partial charge is 0.329 e. The zero-order valence-corrected chi connectivity index (χ0v) is 8.23. The summed E-state index contributed by atoms with van der Waals surface area (Å²) in [6.45, 7) is 1.79. The highest BCUT2D eigenvalue weighted by Gasteiger charge is 2.30. The van der Waals surface area contributed by atoms with Crippen LogP contribution in [-0.4, -0.2) is 38.1 Å². The fraction of sp³-hybridized carbons (Fsp3) is 1.00. The van der Waals surface area contributed by atoms with Crippen molar-refractivity contribution in [2.24, 2.45) is 5.73 Å². The Bertz CT molecular complexity index is 225. The van der Waals surface area contributed by atoms with Crippen molar-refractivity contribution in [3.63, 3.8) is 0 Å². The van der Waals surface area contributed by atoms with Crippen LogP contribution in [0.15, 0.2) is 0 Å². The SMILES string of the molecule is CCCN(CCN)S(=O)(=O)C(F)F. The van der Waals surface area contributed by atoms with Gasteiger partial charge in [-0.15, -0.1) is 0 Å². The molecule has 13 heavy (non-hydrogen) atoms. The molecule has 4 nitrogen and oxygen atoms in total. The van der Waals surface area contributed by atoms with E-state index in [4.69, 9.17) is 5.73 Å². The third kappa shape index (κ3) is 3.53. The summed E-state index contributed by atoms with van der Waals surface area (Å²) < 4.78 is 46.7. The van der Waals surface area contributed by atoms with Crippen molar-refractivity contribution in [3.8, 4) is 0 Å². The molecule has 80 valence electrons. The van der Waals surface area contributed by atoms with Gasteiger partial charge in [-0.3, -0.25) is 0 Å². The van der Waals surface area contributed by atoms with Crippen molar-refractivity contribution in [2.75, 3.05) is 19.6 Å². The minimum Gasteiger partial charge on any atom is -0.329 e. The molecule has 0 bridgehead atoms. The molecule has 0 amide bonds. The van der Waals surface area contributed by atoms with Gasteiger partial charge in [-0.1, -0.05) is 6.92 Å². The standard InChI is InChI=1S/C6H14F2N2O2S/c1-2-4-10(5-3-9)13(11,12)6(7)8/h6H,2-5,9H2,1H3. The summed E-state index contributed by atoms with van der Waals surface area (Å²) in [5.74, 6) is -3.36. The average Bonchev–Trinajstić information content (AvgIpc) is 2.03. The summed E-state index contributed by atoms with van der Waals surface area (Å²) in [5, 5.41) is 0. The monoisotopic (exact) mass is 216 g/mol. The maximum Gasteiger partial charge on any atom is 0.350 e. The first kappa shape index (κ1) is 12.7. The second kappa shape index (κ2) is 5.46. The summed E-state index contributed by atoms with van der Waals surface area (Å²) in [4.78, 5) is 0. The predicted molar refractivity (Wildman–Crippen MR) is 45.8 cm³/mol. The second-order valence-corrected chi connectivity index (χ2v) is 4.40. The topological polar surface area (TPSA) is 63.4 Å². The lowest BCUT2D eigenvalue weighted by Gasteiger charge is -2.19. The Kier molecular flexibility index (Phi) is 5.34. The molecule has 0 unspecified atom stereocenters. The van der Waals surface area contributed by atoms with Crippen LogP contribution < -0.4 is 5.73 Å². The molecule has 0 radical (unpaired) electrons. The molecule has 0 fully saturated rings. The zero-order valence-electron chi connectivity index (χ0n) is 7.41. The molecular weight excluding hydrogens is 202 g/mol. The molecule has 0 atom stereocenters. The molecule has 0 aromatic carbocycles. The third-order valence-corrected chi connectivity index (χ3v) is 2.97.